The first-order valence-corrected chi connectivity index (χ1v) is 6.67. The number of amides is 1. The lowest BCUT2D eigenvalue weighted by molar-refractivity contribution is -0.384. The lowest BCUT2D eigenvalue weighted by atomic mass is 10.1. The van der Waals surface area contributed by atoms with Gasteiger partial charge >= 0.3 is 0 Å². The number of Topliss-reactive ketones (excluding diaryl/α,β-unsaturated/α-hetero) is 1. The van der Waals surface area contributed by atoms with Crippen LogP contribution in [0.2, 0.25) is 0 Å². The fourth-order valence-corrected chi connectivity index (χ4v) is 2.00. The molecule has 0 fully saturated rings. The fourth-order valence-electron chi connectivity index (χ4n) is 2.00. The smallest absolute Gasteiger partial charge is 0.270 e. The molecule has 0 unspecified atom stereocenters. The van der Waals surface area contributed by atoms with Crippen LogP contribution in [-0.2, 0) is 0 Å². The standard InChI is InChI=1S/C16H14N2O5/c1-10(19)14-9-12(18(21)22)6-7-15(14)17-16(20)11-4-3-5-13(8-11)23-2/h3-9H,1-2H3,(H,17,20). The van der Waals surface area contributed by atoms with Gasteiger partial charge in [0.2, 0.25) is 0 Å². The first kappa shape index (κ1) is 16.2. The van der Waals surface area contributed by atoms with Gasteiger partial charge in [-0.15, -0.1) is 0 Å². The Bertz CT molecular complexity index is 786. The van der Waals surface area contributed by atoms with Gasteiger partial charge < -0.3 is 10.1 Å². The van der Waals surface area contributed by atoms with Gasteiger partial charge in [-0.05, 0) is 31.2 Å². The number of nitrogens with zero attached hydrogens (tertiary/aromatic N) is 1. The second kappa shape index (κ2) is 6.69. The number of ketones is 1. The Morgan fingerprint density at radius 1 is 1.17 bits per heavy atom. The van der Waals surface area contributed by atoms with Crippen molar-refractivity contribution in [2.45, 2.75) is 6.92 Å². The number of anilines is 1. The summed E-state index contributed by atoms with van der Waals surface area (Å²) in [6.07, 6.45) is 0. The molecule has 2 aromatic rings. The number of ether oxygens (including phenoxy) is 1. The number of methoxy groups -OCH3 is 1. The van der Waals surface area contributed by atoms with E-state index in [-0.39, 0.29) is 22.7 Å². The van der Waals surface area contributed by atoms with Crippen LogP contribution in [0.4, 0.5) is 11.4 Å². The number of nitro benzene ring substituents is 1. The number of benzene rings is 2. The molecule has 23 heavy (non-hydrogen) atoms. The Hall–Kier alpha value is -3.22. The second-order valence-electron chi connectivity index (χ2n) is 4.73. The van der Waals surface area contributed by atoms with E-state index in [1.165, 1.54) is 26.2 Å². The molecule has 7 nitrogen and oxygen atoms in total. The molecule has 118 valence electrons. The average Bonchev–Trinajstić information content (AvgIpc) is 2.54. The first-order valence-electron chi connectivity index (χ1n) is 6.67. The summed E-state index contributed by atoms with van der Waals surface area (Å²) in [5.41, 5.74) is 0.429. The van der Waals surface area contributed by atoms with Crippen LogP contribution in [0.3, 0.4) is 0 Å². The van der Waals surface area contributed by atoms with E-state index in [0.717, 1.165) is 6.07 Å². The van der Waals surface area contributed by atoms with Crippen LogP contribution in [0.15, 0.2) is 42.5 Å². The number of nitro groups is 1. The molecule has 0 saturated heterocycles. The van der Waals surface area contributed by atoms with Crippen LogP contribution in [0.1, 0.15) is 27.6 Å². The first-order chi connectivity index (χ1) is 10.9. The van der Waals surface area contributed by atoms with E-state index in [0.29, 0.717) is 11.3 Å². The van der Waals surface area contributed by atoms with Crippen LogP contribution < -0.4 is 10.1 Å². The summed E-state index contributed by atoms with van der Waals surface area (Å²) in [4.78, 5) is 34.1. The van der Waals surface area contributed by atoms with Crippen LogP contribution in [-0.4, -0.2) is 23.7 Å². The number of rotatable bonds is 5. The molecule has 2 aromatic carbocycles. The summed E-state index contributed by atoms with van der Waals surface area (Å²) < 4.78 is 5.05. The minimum atomic E-state index is -0.597. The lowest BCUT2D eigenvalue weighted by Gasteiger charge is -2.10. The maximum atomic E-state index is 12.3. The van der Waals surface area contributed by atoms with Crippen molar-refractivity contribution in [2.75, 3.05) is 12.4 Å². The van der Waals surface area contributed by atoms with Gasteiger partial charge in [-0.25, -0.2) is 0 Å². The third-order valence-corrected chi connectivity index (χ3v) is 3.17. The van der Waals surface area contributed by atoms with Crippen LogP contribution in [0.5, 0.6) is 5.75 Å². The van der Waals surface area contributed by atoms with Crippen LogP contribution in [0.25, 0.3) is 0 Å². The Morgan fingerprint density at radius 3 is 2.52 bits per heavy atom. The predicted molar refractivity (Wildman–Crippen MR) is 84.0 cm³/mol. The van der Waals surface area contributed by atoms with E-state index in [4.69, 9.17) is 4.74 Å². The summed E-state index contributed by atoms with van der Waals surface area (Å²) in [6.45, 7) is 1.28. The number of carbonyl (C=O) groups is 2. The van der Waals surface area contributed by atoms with Gasteiger partial charge in [0.15, 0.2) is 5.78 Å². The van der Waals surface area contributed by atoms with E-state index in [9.17, 15) is 19.7 Å². The molecule has 1 amide bonds. The van der Waals surface area contributed by atoms with Crippen molar-refractivity contribution in [1.29, 1.82) is 0 Å². The number of non-ortho nitro benzene ring substituents is 1. The van der Waals surface area contributed by atoms with Gasteiger partial charge in [0.1, 0.15) is 5.75 Å². The summed E-state index contributed by atoms with van der Waals surface area (Å²) in [6, 6.07) is 10.2. The van der Waals surface area contributed by atoms with E-state index in [1.54, 1.807) is 24.3 Å². The maximum Gasteiger partial charge on any atom is 0.270 e. The molecule has 7 heteroatoms. The summed E-state index contributed by atoms with van der Waals surface area (Å²) >= 11 is 0. The number of hydrogen-bond acceptors (Lipinski definition) is 5. The van der Waals surface area contributed by atoms with Gasteiger partial charge in [-0.3, -0.25) is 19.7 Å². The predicted octanol–water partition coefficient (Wildman–Crippen LogP) is 3.06. The zero-order chi connectivity index (χ0) is 17.0. The second-order valence-corrected chi connectivity index (χ2v) is 4.73. The molecule has 0 bridgehead atoms. The quantitative estimate of drug-likeness (QED) is 0.519. The SMILES string of the molecule is COc1cccc(C(=O)Nc2ccc([N+](=O)[O-])cc2C(C)=O)c1. The zero-order valence-electron chi connectivity index (χ0n) is 12.5. The summed E-state index contributed by atoms with van der Waals surface area (Å²) in [5.74, 6) is -0.303. The van der Waals surface area contributed by atoms with Crippen molar-refractivity contribution in [3.63, 3.8) is 0 Å². The lowest BCUT2D eigenvalue weighted by Crippen LogP contribution is -2.14. The third-order valence-electron chi connectivity index (χ3n) is 3.17. The molecule has 1 N–H and O–H groups in total. The van der Waals surface area contributed by atoms with Crippen molar-refractivity contribution in [1.82, 2.24) is 0 Å². The average molecular weight is 314 g/mol. The molecule has 0 atom stereocenters. The van der Waals surface area contributed by atoms with Crippen LogP contribution in [0, 0.1) is 10.1 Å². The molecule has 0 aromatic heterocycles. The van der Waals surface area contributed by atoms with Gasteiger partial charge in [-0.2, -0.15) is 0 Å². The highest BCUT2D eigenvalue weighted by Crippen LogP contribution is 2.23. The van der Waals surface area contributed by atoms with Gasteiger partial charge in [0, 0.05) is 23.3 Å². The molecule has 0 saturated carbocycles. The Balaban J connectivity index is 2.33. The molecule has 2 rings (SSSR count). The normalized spacial score (nSPS) is 10.0. The Kier molecular flexibility index (Phi) is 4.70. The number of nitrogens with one attached hydrogen (secondary N) is 1. The van der Waals surface area contributed by atoms with Crippen LogP contribution >= 0.6 is 0 Å². The summed E-state index contributed by atoms with van der Waals surface area (Å²) in [7, 11) is 1.49. The molecule has 0 aliphatic carbocycles. The Morgan fingerprint density at radius 2 is 1.91 bits per heavy atom. The highest BCUT2D eigenvalue weighted by molar-refractivity contribution is 6.09. The molecule has 0 radical (unpaired) electrons. The fraction of sp³-hybridized carbons (Fsp3) is 0.125. The topological polar surface area (TPSA) is 98.5 Å². The van der Waals surface area contributed by atoms with Crippen molar-refractivity contribution >= 4 is 23.1 Å². The highest BCUT2D eigenvalue weighted by Gasteiger charge is 2.16. The molecule has 0 aliphatic rings. The largest absolute Gasteiger partial charge is 0.497 e. The van der Waals surface area contributed by atoms with Gasteiger partial charge in [-0.1, -0.05) is 6.07 Å². The Labute approximate surface area is 132 Å². The van der Waals surface area contributed by atoms with Crippen molar-refractivity contribution in [2.24, 2.45) is 0 Å². The molecular weight excluding hydrogens is 300 g/mol. The minimum absolute atomic E-state index is 0.0791. The van der Waals surface area contributed by atoms with Crippen molar-refractivity contribution < 1.29 is 19.2 Å². The van der Waals surface area contributed by atoms with E-state index >= 15 is 0 Å². The summed E-state index contributed by atoms with van der Waals surface area (Å²) in [5, 5.41) is 13.4. The molecular formula is C16H14N2O5. The van der Waals surface area contributed by atoms with E-state index in [2.05, 4.69) is 5.32 Å². The van der Waals surface area contributed by atoms with E-state index < -0.39 is 10.8 Å². The van der Waals surface area contributed by atoms with Crippen molar-refractivity contribution in [3.8, 4) is 5.75 Å². The molecule has 0 aliphatic heterocycles. The van der Waals surface area contributed by atoms with Gasteiger partial charge in [0.05, 0.1) is 17.7 Å². The van der Waals surface area contributed by atoms with Gasteiger partial charge in [0.25, 0.3) is 11.6 Å². The molecule has 0 heterocycles. The highest BCUT2D eigenvalue weighted by atomic mass is 16.6. The van der Waals surface area contributed by atoms with E-state index in [1.807, 2.05) is 0 Å². The van der Waals surface area contributed by atoms with Crippen molar-refractivity contribution in [3.05, 3.63) is 63.7 Å². The zero-order valence-corrected chi connectivity index (χ0v) is 12.5. The third kappa shape index (κ3) is 3.70. The monoisotopic (exact) mass is 314 g/mol. The number of carbonyl (C=O) groups excluding carboxylic acids is 2. The maximum absolute atomic E-state index is 12.3. The minimum Gasteiger partial charge on any atom is -0.497 e. The number of hydrogen-bond donors (Lipinski definition) is 1. The molecule has 0 spiro atoms.